The minimum Gasteiger partial charge on any atom is -0.491 e. The van der Waals surface area contributed by atoms with Gasteiger partial charge in [0.25, 0.3) is 0 Å². The Kier molecular flexibility index (Phi) is 12.0. The lowest BCUT2D eigenvalue weighted by molar-refractivity contribution is -0.179. The molecule has 16 nitrogen and oxygen atoms in total. The van der Waals surface area contributed by atoms with Crippen LogP contribution in [0.1, 0.15) is 59.9 Å². The summed E-state index contributed by atoms with van der Waals surface area (Å²) < 4.78 is 18.8. The van der Waals surface area contributed by atoms with E-state index in [1.54, 1.807) is 59.8 Å². The Bertz CT molecular complexity index is 2930. The molecule has 7 unspecified atom stereocenters. The number of morpholine rings is 1. The molecule has 16 heteroatoms. The highest BCUT2D eigenvalue weighted by Crippen LogP contribution is 2.66. The van der Waals surface area contributed by atoms with Gasteiger partial charge in [0.2, 0.25) is 5.91 Å². The number of aromatic nitrogens is 3. The van der Waals surface area contributed by atoms with Crippen molar-refractivity contribution in [1.82, 2.24) is 25.2 Å². The van der Waals surface area contributed by atoms with E-state index < -0.39 is 77.4 Å². The van der Waals surface area contributed by atoms with E-state index in [2.05, 4.69) is 27.5 Å². The molecule has 3 N–H and O–H groups in total. The summed E-state index contributed by atoms with van der Waals surface area (Å²) in [5.74, 6) is 0.246. The number of fused-ring (bicyclic) bond motifs is 4. The number of hydrogen-bond donors (Lipinski definition) is 3. The molecule has 2 saturated heterocycles. The Morgan fingerprint density at radius 2 is 1.55 bits per heavy atom. The summed E-state index contributed by atoms with van der Waals surface area (Å²) in [5, 5.41) is 32.3. The van der Waals surface area contributed by atoms with Gasteiger partial charge in [0.15, 0.2) is 0 Å². The van der Waals surface area contributed by atoms with Gasteiger partial charge < -0.3 is 29.7 Å². The largest absolute Gasteiger partial charge is 0.491 e. The number of carboxylic acids is 1. The average Bonchev–Trinajstić information content (AvgIpc) is 3.99. The van der Waals surface area contributed by atoms with E-state index >= 15 is 4.79 Å². The van der Waals surface area contributed by atoms with E-state index in [-0.39, 0.29) is 31.0 Å². The molecule has 0 bridgehead atoms. The number of nitrogens with zero attached hydrogens (tertiary/aromatic N) is 5. The molecular weight excluding hydrogens is 857 g/mol. The molecule has 0 aliphatic carbocycles. The number of aliphatic hydroxyl groups excluding tert-OH is 1. The van der Waals surface area contributed by atoms with Crippen LogP contribution in [0.5, 0.6) is 5.75 Å². The number of aliphatic carboxylic acids is 1. The molecule has 5 aromatic carbocycles. The summed E-state index contributed by atoms with van der Waals surface area (Å²) in [7, 11) is 1.19. The lowest BCUT2D eigenvalue weighted by atomic mass is 9.65. The van der Waals surface area contributed by atoms with Crippen LogP contribution < -0.4 is 15.0 Å². The van der Waals surface area contributed by atoms with Crippen LogP contribution in [-0.4, -0.2) is 92.4 Å². The fourth-order valence-electron chi connectivity index (χ4n) is 9.95. The summed E-state index contributed by atoms with van der Waals surface area (Å²) in [5.41, 5.74) is 1.44. The van der Waals surface area contributed by atoms with Gasteiger partial charge in [0.05, 0.1) is 37.0 Å². The molecule has 9 rings (SSSR count). The fourth-order valence-corrected chi connectivity index (χ4v) is 9.95. The van der Waals surface area contributed by atoms with Gasteiger partial charge in [0.1, 0.15) is 53.9 Å². The molecule has 3 aliphatic rings. The third-order valence-electron chi connectivity index (χ3n) is 12.8. The maximum absolute atomic E-state index is 16.2. The molecule has 340 valence electrons. The summed E-state index contributed by atoms with van der Waals surface area (Å²) in [4.78, 5) is 76.0. The first kappa shape index (κ1) is 44.3. The SMILES string of the molecule is COC(=O)C(NC(=O)N1C(=O)C2(c3cc(C#CCn4nnc5ccccc54)ccc31)C(C(=O)O)C1C(=O)OC(c3ccccc3)C(c3ccccc3)N1C2c1ccc(OCCO)cc1)C(C)C. The van der Waals surface area contributed by atoms with Gasteiger partial charge in [-0.05, 0) is 70.6 Å². The molecule has 7 atom stereocenters. The Morgan fingerprint density at radius 3 is 2.22 bits per heavy atom. The Morgan fingerprint density at radius 1 is 0.866 bits per heavy atom. The van der Waals surface area contributed by atoms with E-state index in [9.17, 15) is 29.4 Å². The monoisotopic (exact) mass is 902 g/mol. The van der Waals surface area contributed by atoms with Gasteiger partial charge in [-0.2, -0.15) is 0 Å². The summed E-state index contributed by atoms with van der Waals surface area (Å²) >= 11 is 0. The molecule has 3 amide bonds. The topological polar surface area (TPSA) is 203 Å². The third kappa shape index (κ3) is 7.61. The standard InChI is InChI=1S/C51H46N6O10/c1-30(2)41(47(61)65-3)52-50(64)56-38-25-20-31(13-12-26-55-39-19-11-10-18-37(39)53-54-55)29-36(38)51(49(56)63)40(46(59)60)43-48(62)67-44(33-16-8-5-9-17-33)42(32-14-6-4-7-15-32)57(43)45(51)34-21-23-35(24-22-34)66-28-27-58/h4-11,14-25,29-30,40-45,58H,26-28H2,1-3H3,(H,52,64)(H,59,60). The molecule has 0 saturated carbocycles. The molecular formula is C51H46N6O10. The highest BCUT2D eigenvalue weighted by Gasteiger charge is 2.76. The lowest BCUT2D eigenvalue weighted by Gasteiger charge is -2.46. The van der Waals surface area contributed by atoms with Crippen molar-refractivity contribution >= 4 is 46.6 Å². The zero-order valence-corrected chi connectivity index (χ0v) is 36.7. The minimum atomic E-state index is -2.24. The molecule has 1 spiro atoms. The van der Waals surface area contributed by atoms with Gasteiger partial charge in [-0.1, -0.05) is 116 Å². The number of para-hydroxylation sites is 1. The van der Waals surface area contributed by atoms with Crippen LogP contribution in [0, 0.1) is 23.7 Å². The summed E-state index contributed by atoms with van der Waals surface area (Å²) in [6.45, 7) is 3.29. The molecule has 1 aromatic heterocycles. The minimum absolute atomic E-state index is 0.00149. The van der Waals surface area contributed by atoms with Crippen LogP contribution in [0.25, 0.3) is 11.0 Å². The Labute approximate surface area is 385 Å². The molecule has 3 aliphatic heterocycles. The van der Waals surface area contributed by atoms with E-state index in [1.165, 1.54) is 13.2 Å². The number of aliphatic hydroxyl groups is 1. The van der Waals surface area contributed by atoms with Crippen LogP contribution in [-0.2, 0) is 40.6 Å². The van der Waals surface area contributed by atoms with Gasteiger partial charge >= 0.3 is 23.9 Å². The molecule has 6 aromatic rings. The number of ether oxygens (including phenoxy) is 3. The van der Waals surface area contributed by atoms with Crippen molar-refractivity contribution in [2.24, 2.45) is 11.8 Å². The van der Waals surface area contributed by atoms with Crippen LogP contribution in [0.4, 0.5) is 10.5 Å². The quantitative estimate of drug-likeness (QED) is 0.109. The first-order chi connectivity index (χ1) is 32.5. The summed E-state index contributed by atoms with van der Waals surface area (Å²) in [6, 6.07) is 31.1. The number of rotatable bonds is 11. The zero-order valence-electron chi connectivity index (χ0n) is 36.7. The van der Waals surface area contributed by atoms with Crippen LogP contribution in [0.15, 0.2) is 127 Å². The first-order valence-corrected chi connectivity index (χ1v) is 21.8. The van der Waals surface area contributed by atoms with Crippen molar-refractivity contribution < 1.29 is 48.4 Å². The van der Waals surface area contributed by atoms with Crippen molar-refractivity contribution in [3.05, 3.63) is 155 Å². The van der Waals surface area contributed by atoms with Crippen LogP contribution in [0.2, 0.25) is 0 Å². The van der Waals surface area contributed by atoms with Crippen LogP contribution in [0.3, 0.4) is 0 Å². The number of urea groups is 1. The van der Waals surface area contributed by atoms with Crippen LogP contribution >= 0.6 is 0 Å². The van der Waals surface area contributed by atoms with Crippen molar-refractivity contribution in [2.45, 2.75) is 56.1 Å². The van der Waals surface area contributed by atoms with Crippen molar-refractivity contribution in [2.75, 3.05) is 25.2 Å². The number of nitrogens with one attached hydrogen (secondary N) is 1. The van der Waals surface area contributed by atoms with E-state index in [4.69, 9.17) is 14.2 Å². The van der Waals surface area contributed by atoms with Gasteiger partial charge in [-0.25, -0.2) is 19.2 Å². The number of amides is 3. The van der Waals surface area contributed by atoms with Crippen molar-refractivity contribution in [3.63, 3.8) is 0 Å². The number of imide groups is 1. The summed E-state index contributed by atoms with van der Waals surface area (Å²) in [6.07, 6.45) is -0.987. The molecule has 0 radical (unpaired) electrons. The van der Waals surface area contributed by atoms with Crippen molar-refractivity contribution in [3.8, 4) is 17.6 Å². The number of carbonyl (C=O) groups excluding carboxylic acids is 4. The van der Waals surface area contributed by atoms with E-state index in [0.717, 1.165) is 10.4 Å². The van der Waals surface area contributed by atoms with E-state index in [1.807, 2.05) is 84.9 Å². The second-order valence-corrected chi connectivity index (χ2v) is 16.8. The second-order valence-electron chi connectivity index (χ2n) is 16.8. The number of cyclic esters (lactones) is 1. The van der Waals surface area contributed by atoms with Gasteiger partial charge in [-0.3, -0.25) is 19.3 Å². The Hall–Kier alpha value is -7.87. The predicted octanol–water partition coefficient (Wildman–Crippen LogP) is 5.51. The molecule has 4 heterocycles. The number of anilines is 1. The number of esters is 2. The zero-order chi connectivity index (χ0) is 47.0. The van der Waals surface area contributed by atoms with E-state index in [0.29, 0.717) is 33.5 Å². The van der Waals surface area contributed by atoms with Gasteiger partial charge in [0, 0.05) is 5.56 Å². The number of carbonyl (C=O) groups is 5. The smallest absolute Gasteiger partial charge is 0.329 e. The number of methoxy groups -OCH3 is 1. The maximum Gasteiger partial charge on any atom is 0.329 e. The highest BCUT2D eigenvalue weighted by atomic mass is 16.6. The lowest BCUT2D eigenvalue weighted by Crippen LogP contribution is -2.56. The highest BCUT2D eigenvalue weighted by molar-refractivity contribution is 6.24. The van der Waals surface area contributed by atoms with Gasteiger partial charge in [-0.15, -0.1) is 5.10 Å². The second kappa shape index (κ2) is 18.2. The number of benzene rings is 5. The average molecular weight is 903 g/mol. The first-order valence-electron chi connectivity index (χ1n) is 21.8. The number of carboxylic acid groups (broad SMARTS) is 1. The normalized spacial score (nSPS) is 22.4. The van der Waals surface area contributed by atoms with Crippen molar-refractivity contribution in [1.29, 1.82) is 0 Å². The fraction of sp³-hybridized carbons (Fsp3) is 0.275. The molecule has 2 fully saturated rings. The maximum atomic E-state index is 16.2. The third-order valence-corrected chi connectivity index (χ3v) is 12.8. The predicted molar refractivity (Wildman–Crippen MR) is 242 cm³/mol. The Balaban J connectivity index is 1.30. The molecule has 67 heavy (non-hydrogen) atoms. The number of hydrogen-bond acceptors (Lipinski definition) is 12.